The molecule has 1 amide bonds. The summed E-state index contributed by atoms with van der Waals surface area (Å²) in [5.74, 6) is 2.07. The molecule has 1 heterocycles. The summed E-state index contributed by atoms with van der Waals surface area (Å²) < 4.78 is 5.49. The summed E-state index contributed by atoms with van der Waals surface area (Å²) in [4.78, 5) is 20.3. The summed E-state index contributed by atoms with van der Waals surface area (Å²) in [5.41, 5.74) is 0.883. The number of oxazole rings is 1. The molecule has 0 saturated heterocycles. The fraction of sp³-hybridized carbons (Fsp3) is 0.667. The number of rotatable bonds is 7. The molecule has 0 aromatic carbocycles. The second kappa shape index (κ2) is 9.07. The highest BCUT2D eigenvalue weighted by molar-refractivity contribution is 5.81. The lowest BCUT2D eigenvalue weighted by Gasteiger charge is -2.12. The van der Waals surface area contributed by atoms with Crippen LogP contribution in [0.2, 0.25) is 0 Å². The average Bonchev–Trinajstić information content (AvgIpc) is 2.74. The maximum absolute atomic E-state index is 11.6. The van der Waals surface area contributed by atoms with E-state index in [9.17, 15) is 4.79 Å². The van der Waals surface area contributed by atoms with Crippen LogP contribution in [0.15, 0.2) is 9.41 Å². The third-order valence-corrected chi connectivity index (χ3v) is 2.88. The number of nitrogens with one attached hydrogen (secondary N) is 3. The summed E-state index contributed by atoms with van der Waals surface area (Å²) >= 11 is 0. The maximum atomic E-state index is 11.6. The van der Waals surface area contributed by atoms with Crippen LogP contribution in [0, 0.1) is 13.8 Å². The number of hydrogen-bond donors (Lipinski definition) is 3. The Balaban J connectivity index is 2.46. The van der Waals surface area contributed by atoms with Crippen molar-refractivity contribution in [3.05, 3.63) is 17.3 Å². The number of amides is 1. The summed E-state index contributed by atoms with van der Waals surface area (Å²) in [6, 6.07) is 0.158. The second-order valence-electron chi connectivity index (χ2n) is 5.34. The average molecular weight is 309 g/mol. The van der Waals surface area contributed by atoms with E-state index in [2.05, 4.69) is 25.9 Å². The molecule has 0 unspecified atom stereocenters. The summed E-state index contributed by atoms with van der Waals surface area (Å²) in [7, 11) is 0. The largest absolute Gasteiger partial charge is 0.444 e. The zero-order chi connectivity index (χ0) is 16.5. The van der Waals surface area contributed by atoms with Crippen LogP contribution >= 0.6 is 0 Å². The highest BCUT2D eigenvalue weighted by atomic mass is 16.4. The van der Waals surface area contributed by atoms with Gasteiger partial charge in [-0.1, -0.05) is 0 Å². The Hall–Kier alpha value is -2.05. The van der Waals surface area contributed by atoms with Crippen molar-refractivity contribution in [1.82, 2.24) is 20.9 Å². The number of aryl methyl sites for hydroxylation is 2. The standard InChI is InChI=1S/C15H27N5O2/c1-6-16-15(17-8-7-13(21)19-10(2)3)18-9-14-20-11(4)12(5)22-14/h10H,6-9H2,1-5H3,(H,19,21)(H2,16,17,18). The van der Waals surface area contributed by atoms with Gasteiger partial charge in [-0.25, -0.2) is 9.98 Å². The Morgan fingerprint density at radius 3 is 2.59 bits per heavy atom. The summed E-state index contributed by atoms with van der Waals surface area (Å²) in [6.45, 7) is 11.3. The van der Waals surface area contributed by atoms with Gasteiger partial charge in [-0.3, -0.25) is 4.79 Å². The van der Waals surface area contributed by atoms with Gasteiger partial charge in [-0.2, -0.15) is 0 Å². The molecule has 0 atom stereocenters. The van der Waals surface area contributed by atoms with Gasteiger partial charge in [-0.15, -0.1) is 0 Å². The first-order valence-electron chi connectivity index (χ1n) is 7.66. The molecule has 0 aliphatic heterocycles. The fourth-order valence-electron chi connectivity index (χ4n) is 1.78. The van der Waals surface area contributed by atoms with E-state index in [4.69, 9.17) is 4.42 Å². The molecule has 3 N–H and O–H groups in total. The number of aromatic nitrogens is 1. The molecule has 124 valence electrons. The van der Waals surface area contributed by atoms with E-state index in [0.29, 0.717) is 31.4 Å². The molecular weight excluding hydrogens is 282 g/mol. The second-order valence-corrected chi connectivity index (χ2v) is 5.34. The lowest BCUT2D eigenvalue weighted by atomic mass is 10.3. The van der Waals surface area contributed by atoms with E-state index in [1.807, 2.05) is 34.6 Å². The van der Waals surface area contributed by atoms with Crippen LogP contribution in [-0.4, -0.2) is 36.0 Å². The van der Waals surface area contributed by atoms with Gasteiger partial charge in [0.2, 0.25) is 11.8 Å². The van der Waals surface area contributed by atoms with E-state index >= 15 is 0 Å². The lowest BCUT2D eigenvalue weighted by Crippen LogP contribution is -2.40. The molecule has 0 aliphatic carbocycles. The number of aliphatic imine (C=N–C) groups is 1. The van der Waals surface area contributed by atoms with Crippen molar-refractivity contribution in [3.63, 3.8) is 0 Å². The van der Waals surface area contributed by atoms with Gasteiger partial charge < -0.3 is 20.4 Å². The Kier molecular flexibility index (Phi) is 7.42. The Morgan fingerprint density at radius 2 is 2.05 bits per heavy atom. The first-order chi connectivity index (χ1) is 10.4. The summed E-state index contributed by atoms with van der Waals surface area (Å²) in [5, 5.41) is 9.10. The van der Waals surface area contributed by atoms with E-state index in [1.165, 1.54) is 0 Å². The molecule has 0 bridgehead atoms. The highest BCUT2D eigenvalue weighted by Gasteiger charge is 2.06. The Labute approximate surface area is 132 Å². The van der Waals surface area contributed by atoms with Gasteiger partial charge in [0.05, 0.1) is 5.69 Å². The van der Waals surface area contributed by atoms with Crippen LogP contribution in [0.5, 0.6) is 0 Å². The molecule has 7 nitrogen and oxygen atoms in total. The third-order valence-electron chi connectivity index (χ3n) is 2.88. The highest BCUT2D eigenvalue weighted by Crippen LogP contribution is 2.08. The number of carbonyl (C=O) groups excluding carboxylic acids is 1. The minimum absolute atomic E-state index is 0.0253. The van der Waals surface area contributed by atoms with Crippen LogP contribution in [0.3, 0.4) is 0 Å². The minimum Gasteiger partial charge on any atom is -0.444 e. The number of nitrogens with zero attached hydrogens (tertiary/aromatic N) is 2. The smallest absolute Gasteiger partial charge is 0.221 e. The molecule has 1 rings (SSSR count). The van der Waals surface area contributed by atoms with E-state index in [-0.39, 0.29) is 11.9 Å². The van der Waals surface area contributed by atoms with Crippen molar-refractivity contribution < 1.29 is 9.21 Å². The van der Waals surface area contributed by atoms with Gasteiger partial charge in [0.1, 0.15) is 12.3 Å². The molecule has 0 fully saturated rings. The van der Waals surface area contributed by atoms with Crippen molar-refractivity contribution in [2.24, 2.45) is 4.99 Å². The van der Waals surface area contributed by atoms with E-state index in [1.54, 1.807) is 0 Å². The fourth-order valence-corrected chi connectivity index (χ4v) is 1.78. The van der Waals surface area contributed by atoms with Crippen LogP contribution in [0.4, 0.5) is 0 Å². The SMILES string of the molecule is CCNC(=NCc1nc(C)c(C)o1)NCCC(=O)NC(C)C. The molecule has 0 spiro atoms. The first kappa shape index (κ1) is 18.0. The van der Waals surface area contributed by atoms with Crippen molar-refractivity contribution in [1.29, 1.82) is 0 Å². The lowest BCUT2D eigenvalue weighted by molar-refractivity contribution is -0.121. The van der Waals surface area contributed by atoms with Crippen molar-refractivity contribution in [3.8, 4) is 0 Å². The third kappa shape index (κ3) is 6.60. The molecule has 22 heavy (non-hydrogen) atoms. The van der Waals surface area contributed by atoms with Gasteiger partial charge in [-0.05, 0) is 34.6 Å². The van der Waals surface area contributed by atoms with E-state index in [0.717, 1.165) is 18.0 Å². The quantitative estimate of drug-likeness (QED) is 0.521. The molecular formula is C15H27N5O2. The summed E-state index contributed by atoms with van der Waals surface area (Å²) in [6.07, 6.45) is 0.403. The maximum Gasteiger partial charge on any atom is 0.221 e. The Bertz CT molecular complexity index is 489. The normalized spacial score (nSPS) is 11.6. The molecule has 7 heteroatoms. The number of guanidine groups is 1. The van der Waals surface area contributed by atoms with Gasteiger partial charge in [0, 0.05) is 25.6 Å². The zero-order valence-electron chi connectivity index (χ0n) is 14.1. The monoisotopic (exact) mass is 309 g/mol. The van der Waals surface area contributed by atoms with Gasteiger partial charge in [0.25, 0.3) is 0 Å². The molecule has 0 radical (unpaired) electrons. The van der Waals surface area contributed by atoms with Crippen molar-refractivity contribution in [2.75, 3.05) is 13.1 Å². The van der Waals surface area contributed by atoms with Gasteiger partial charge >= 0.3 is 0 Å². The number of carbonyl (C=O) groups is 1. The predicted molar refractivity (Wildman–Crippen MR) is 86.7 cm³/mol. The van der Waals surface area contributed by atoms with Crippen LogP contribution in [0.25, 0.3) is 0 Å². The zero-order valence-corrected chi connectivity index (χ0v) is 14.1. The molecule has 0 aliphatic rings. The topological polar surface area (TPSA) is 91.6 Å². The van der Waals surface area contributed by atoms with Crippen molar-refractivity contribution in [2.45, 2.75) is 53.6 Å². The number of hydrogen-bond acceptors (Lipinski definition) is 4. The molecule has 1 aromatic heterocycles. The molecule has 1 aromatic rings. The Morgan fingerprint density at radius 1 is 1.32 bits per heavy atom. The van der Waals surface area contributed by atoms with Crippen LogP contribution < -0.4 is 16.0 Å². The van der Waals surface area contributed by atoms with Gasteiger partial charge in [0.15, 0.2) is 5.96 Å². The first-order valence-corrected chi connectivity index (χ1v) is 7.66. The van der Waals surface area contributed by atoms with Crippen LogP contribution in [0.1, 0.15) is 44.5 Å². The predicted octanol–water partition coefficient (Wildman–Crippen LogP) is 1.26. The van der Waals surface area contributed by atoms with E-state index < -0.39 is 0 Å². The molecule has 0 saturated carbocycles. The van der Waals surface area contributed by atoms with Crippen LogP contribution in [-0.2, 0) is 11.3 Å². The van der Waals surface area contributed by atoms with Crippen molar-refractivity contribution >= 4 is 11.9 Å². The minimum atomic E-state index is 0.0253.